The molecule has 0 bridgehead atoms. The van der Waals surface area contributed by atoms with E-state index < -0.39 is 0 Å². The summed E-state index contributed by atoms with van der Waals surface area (Å²) in [7, 11) is 0. The summed E-state index contributed by atoms with van der Waals surface area (Å²) < 4.78 is 0.858. The summed E-state index contributed by atoms with van der Waals surface area (Å²) in [5.74, 6) is 2.44. The van der Waals surface area contributed by atoms with Gasteiger partial charge < -0.3 is 5.73 Å². The Morgan fingerprint density at radius 2 is 2.00 bits per heavy atom. The number of halogens is 1. The maximum absolute atomic E-state index is 5.83. The Morgan fingerprint density at radius 3 is 2.50 bits per heavy atom. The Kier molecular flexibility index (Phi) is 2.47. The molecule has 1 aliphatic rings. The van der Waals surface area contributed by atoms with Gasteiger partial charge in [-0.25, -0.2) is 9.97 Å². The second-order valence-electron chi connectivity index (χ2n) is 4.10. The maximum Gasteiger partial charge on any atom is 0.141 e. The largest absolute Gasteiger partial charge is 0.383 e. The Hall–Kier alpha value is -0.640. The molecule has 1 aromatic heterocycles. The monoisotopic (exact) mass is 255 g/mol. The highest BCUT2D eigenvalue weighted by Gasteiger charge is 2.28. The van der Waals surface area contributed by atoms with Crippen LogP contribution in [0.2, 0.25) is 0 Å². The molecule has 1 heterocycles. The zero-order chi connectivity index (χ0) is 10.3. The molecule has 2 N–H and O–H groups in total. The molecule has 0 aliphatic heterocycles. The quantitative estimate of drug-likeness (QED) is 0.885. The van der Waals surface area contributed by atoms with Crippen molar-refractivity contribution in [2.45, 2.75) is 38.5 Å². The van der Waals surface area contributed by atoms with Gasteiger partial charge in [-0.2, -0.15) is 0 Å². The summed E-state index contributed by atoms with van der Waals surface area (Å²) in [6.07, 6.45) is 2.41. The van der Waals surface area contributed by atoms with Crippen molar-refractivity contribution in [1.82, 2.24) is 9.97 Å². The van der Waals surface area contributed by atoms with Gasteiger partial charge in [-0.05, 0) is 34.7 Å². The highest BCUT2D eigenvalue weighted by Crippen LogP contribution is 2.40. The van der Waals surface area contributed by atoms with Crippen LogP contribution in [-0.2, 0) is 0 Å². The van der Waals surface area contributed by atoms with E-state index in [2.05, 4.69) is 39.7 Å². The van der Waals surface area contributed by atoms with Gasteiger partial charge in [0.25, 0.3) is 0 Å². The van der Waals surface area contributed by atoms with Crippen LogP contribution in [0.5, 0.6) is 0 Å². The lowest BCUT2D eigenvalue weighted by atomic mass is 10.1. The molecule has 0 radical (unpaired) electrons. The molecular formula is C10H14BrN3. The van der Waals surface area contributed by atoms with E-state index in [-0.39, 0.29) is 0 Å². The second kappa shape index (κ2) is 3.50. The minimum atomic E-state index is 0.382. The fourth-order valence-electron chi connectivity index (χ4n) is 1.41. The van der Waals surface area contributed by atoms with Crippen molar-refractivity contribution in [3.8, 4) is 0 Å². The zero-order valence-corrected chi connectivity index (χ0v) is 10.0. The van der Waals surface area contributed by atoms with E-state index in [0.29, 0.717) is 17.7 Å². The third-order valence-corrected chi connectivity index (χ3v) is 3.22. The molecule has 0 amide bonds. The van der Waals surface area contributed by atoms with Gasteiger partial charge in [0, 0.05) is 5.92 Å². The van der Waals surface area contributed by atoms with Crippen LogP contribution in [-0.4, -0.2) is 9.97 Å². The smallest absolute Gasteiger partial charge is 0.141 e. The van der Waals surface area contributed by atoms with Crippen LogP contribution < -0.4 is 5.73 Å². The van der Waals surface area contributed by atoms with E-state index in [9.17, 15) is 0 Å². The highest BCUT2D eigenvalue weighted by molar-refractivity contribution is 9.10. The topological polar surface area (TPSA) is 51.8 Å². The summed E-state index contributed by atoms with van der Waals surface area (Å²) in [4.78, 5) is 8.85. The third kappa shape index (κ3) is 1.75. The highest BCUT2D eigenvalue weighted by atomic mass is 79.9. The summed E-state index contributed by atoms with van der Waals surface area (Å²) in [6, 6.07) is 0. The molecule has 4 heteroatoms. The molecule has 76 valence electrons. The molecule has 2 rings (SSSR count). The Balaban J connectivity index is 2.46. The molecule has 1 aliphatic carbocycles. The van der Waals surface area contributed by atoms with E-state index in [0.717, 1.165) is 16.0 Å². The fourth-order valence-corrected chi connectivity index (χ4v) is 2.04. The Labute approximate surface area is 92.3 Å². The van der Waals surface area contributed by atoms with Gasteiger partial charge in [-0.15, -0.1) is 0 Å². The summed E-state index contributed by atoms with van der Waals surface area (Å²) in [5, 5.41) is 0. The van der Waals surface area contributed by atoms with Crippen LogP contribution in [0.3, 0.4) is 0 Å². The van der Waals surface area contributed by atoms with Crippen molar-refractivity contribution in [3.05, 3.63) is 16.0 Å². The first-order chi connectivity index (χ1) is 6.59. The van der Waals surface area contributed by atoms with E-state index in [1.54, 1.807) is 0 Å². The molecule has 0 spiro atoms. The predicted molar refractivity (Wildman–Crippen MR) is 60.2 cm³/mol. The average molecular weight is 256 g/mol. The van der Waals surface area contributed by atoms with Gasteiger partial charge in [0.05, 0.1) is 10.2 Å². The maximum atomic E-state index is 5.83. The first kappa shape index (κ1) is 9.90. The standard InChI is InChI=1S/C10H14BrN3/c1-5(2)8-7(11)9(12)14-10(13-8)6-3-4-6/h5-6H,3-4H2,1-2H3,(H2,12,13,14). The Bertz CT molecular complexity index is 359. The number of nitrogens with two attached hydrogens (primary N) is 1. The minimum absolute atomic E-state index is 0.382. The lowest BCUT2D eigenvalue weighted by Crippen LogP contribution is -2.05. The fraction of sp³-hybridized carbons (Fsp3) is 0.600. The van der Waals surface area contributed by atoms with E-state index in [1.165, 1.54) is 12.8 Å². The summed E-state index contributed by atoms with van der Waals surface area (Å²) in [6.45, 7) is 4.23. The lowest BCUT2D eigenvalue weighted by Gasteiger charge is -2.10. The second-order valence-corrected chi connectivity index (χ2v) is 4.89. The molecule has 0 aromatic carbocycles. The number of nitrogens with zero attached hydrogens (tertiary/aromatic N) is 2. The van der Waals surface area contributed by atoms with Crippen LogP contribution in [0.25, 0.3) is 0 Å². The lowest BCUT2D eigenvalue weighted by molar-refractivity contribution is 0.779. The van der Waals surface area contributed by atoms with Crippen molar-refractivity contribution >= 4 is 21.7 Å². The normalized spacial score (nSPS) is 16.3. The van der Waals surface area contributed by atoms with Gasteiger partial charge in [-0.1, -0.05) is 13.8 Å². The van der Waals surface area contributed by atoms with Crippen molar-refractivity contribution in [2.75, 3.05) is 5.73 Å². The van der Waals surface area contributed by atoms with E-state index in [1.807, 2.05) is 0 Å². The van der Waals surface area contributed by atoms with Gasteiger partial charge in [0.1, 0.15) is 11.6 Å². The van der Waals surface area contributed by atoms with Crippen LogP contribution in [0, 0.1) is 0 Å². The average Bonchev–Trinajstić information content (AvgIpc) is 2.91. The molecule has 1 aromatic rings. The number of hydrogen-bond acceptors (Lipinski definition) is 3. The van der Waals surface area contributed by atoms with Crippen LogP contribution in [0.4, 0.5) is 5.82 Å². The summed E-state index contributed by atoms with van der Waals surface area (Å²) in [5.41, 5.74) is 6.85. The summed E-state index contributed by atoms with van der Waals surface area (Å²) >= 11 is 3.43. The molecule has 0 unspecified atom stereocenters. The van der Waals surface area contributed by atoms with Crippen molar-refractivity contribution in [1.29, 1.82) is 0 Å². The Morgan fingerprint density at radius 1 is 1.36 bits per heavy atom. The number of anilines is 1. The molecule has 0 atom stereocenters. The van der Waals surface area contributed by atoms with Crippen LogP contribution in [0.1, 0.15) is 50.0 Å². The SMILES string of the molecule is CC(C)c1nc(C2CC2)nc(N)c1Br. The first-order valence-electron chi connectivity index (χ1n) is 4.92. The number of nitrogen functional groups attached to an aromatic ring is 1. The molecule has 1 fully saturated rings. The van der Waals surface area contributed by atoms with Gasteiger partial charge in [0.15, 0.2) is 0 Å². The predicted octanol–water partition coefficient (Wildman–Crippen LogP) is 2.82. The molecule has 1 saturated carbocycles. The number of aromatic nitrogens is 2. The van der Waals surface area contributed by atoms with Crippen LogP contribution >= 0.6 is 15.9 Å². The molecule has 0 saturated heterocycles. The number of rotatable bonds is 2. The van der Waals surface area contributed by atoms with Crippen molar-refractivity contribution in [3.63, 3.8) is 0 Å². The number of hydrogen-bond donors (Lipinski definition) is 1. The zero-order valence-electron chi connectivity index (χ0n) is 8.42. The van der Waals surface area contributed by atoms with E-state index in [4.69, 9.17) is 5.73 Å². The minimum Gasteiger partial charge on any atom is -0.383 e. The molecular weight excluding hydrogens is 242 g/mol. The first-order valence-corrected chi connectivity index (χ1v) is 5.71. The molecule has 3 nitrogen and oxygen atoms in total. The van der Waals surface area contributed by atoms with Gasteiger partial charge >= 0.3 is 0 Å². The van der Waals surface area contributed by atoms with Crippen molar-refractivity contribution in [2.24, 2.45) is 0 Å². The van der Waals surface area contributed by atoms with Crippen molar-refractivity contribution < 1.29 is 0 Å². The molecule has 14 heavy (non-hydrogen) atoms. The van der Waals surface area contributed by atoms with Crippen LogP contribution in [0.15, 0.2) is 4.47 Å². The van der Waals surface area contributed by atoms with E-state index >= 15 is 0 Å². The third-order valence-electron chi connectivity index (χ3n) is 2.41. The van der Waals surface area contributed by atoms with Gasteiger partial charge in [0.2, 0.25) is 0 Å². The van der Waals surface area contributed by atoms with Gasteiger partial charge in [-0.3, -0.25) is 0 Å².